The van der Waals surface area contributed by atoms with Crippen molar-refractivity contribution >= 4 is 28.7 Å². The number of hydrogen-bond acceptors (Lipinski definition) is 7. The van der Waals surface area contributed by atoms with Crippen molar-refractivity contribution in [3.63, 3.8) is 0 Å². The van der Waals surface area contributed by atoms with Gasteiger partial charge in [-0.2, -0.15) is 13.2 Å². The van der Waals surface area contributed by atoms with Gasteiger partial charge in [0.2, 0.25) is 0 Å². The van der Waals surface area contributed by atoms with Crippen molar-refractivity contribution in [2.45, 2.75) is 32.5 Å². The maximum atomic E-state index is 13.2. The third kappa shape index (κ3) is 5.56. The Hall–Kier alpha value is -3.40. The molecule has 0 saturated heterocycles. The summed E-state index contributed by atoms with van der Waals surface area (Å²) in [6, 6.07) is 10.4. The van der Waals surface area contributed by atoms with E-state index in [9.17, 15) is 18.0 Å². The van der Waals surface area contributed by atoms with Crippen molar-refractivity contribution in [2.75, 3.05) is 19.5 Å². The molecular weight excluding hydrogens is 467 g/mol. The second-order valence-corrected chi connectivity index (χ2v) is 8.80. The summed E-state index contributed by atoms with van der Waals surface area (Å²) >= 11 is 1.49. The number of ether oxygens (including phenoxy) is 2. The zero-order valence-electron chi connectivity index (χ0n) is 19.0. The van der Waals surface area contributed by atoms with E-state index < -0.39 is 23.4 Å². The van der Waals surface area contributed by atoms with Crippen LogP contribution in [0, 0.1) is 5.41 Å². The lowest BCUT2D eigenvalue weighted by Crippen LogP contribution is -2.19. The number of carbonyl (C=O) groups is 1. The van der Waals surface area contributed by atoms with Crippen LogP contribution < -0.4 is 10.1 Å². The van der Waals surface area contributed by atoms with Gasteiger partial charge in [0, 0.05) is 21.7 Å². The quantitative estimate of drug-likeness (QED) is 0.293. The Balaban J connectivity index is 1.94. The molecule has 180 valence electrons. The zero-order valence-corrected chi connectivity index (χ0v) is 19.9. The Kier molecular flexibility index (Phi) is 7.61. The minimum atomic E-state index is -4.61. The number of thiazole rings is 1. The van der Waals surface area contributed by atoms with Crippen LogP contribution in [0.3, 0.4) is 0 Å². The topological polar surface area (TPSA) is 84.3 Å². The molecule has 0 bridgehead atoms. The van der Waals surface area contributed by atoms with Crippen LogP contribution in [0.4, 0.5) is 18.9 Å². The number of methoxy groups -OCH3 is 2. The first-order valence-corrected chi connectivity index (χ1v) is 11.1. The number of carbonyl (C=O) groups excluding carboxylic acids is 1. The number of esters is 1. The number of hydrogen-bond donors (Lipinski definition) is 2. The molecule has 0 aliphatic heterocycles. The molecule has 0 saturated carbocycles. The van der Waals surface area contributed by atoms with Crippen LogP contribution in [-0.2, 0) is 22.3 Å². The van der Waals surface area contributed by atoms with Crippen molar-refractivity contribution in [2.24, 2.45) is 0 Å². The normalized spacial score (nSPS) is 11.4. The second kappa shape index (κ2) is 10.3. The molecule has 0 aliphatic carbocycles. The molecule has 0 radical (unpaired) electrons. The zero-order chi connectivity index (χ0) is 25.0. The molecule has 3 aromatic rings. The number of benzene rings is 2. The Morgan fingerprint density at radius 2 is 1.91 bits per heavy atom. The van der Waals surface area contributed by atoms with E-state index in [1.165, 1.54) is 17.4 Å². The molecular formula is C24H24F3N3O3S. The van der Waals surface area contributed by atoms with Crippen LogP contribution in [0.5, 0.6) is 5.75 Å². The van der Waals surface area contributed by atoms with Crippen LogP contribution in [0.1, 0.15) is 40.8 Å². The fourth-order valence-corrected chi connectivity index (χ4v) is 4.32. The third-order valence-electron chi connectivity index (χ3n) is 5.00. The second-order valence-electron chi connectivity index (χ2n) is 7.69. The molecule has 0 atom stereocenters. The minimum absolute atomic E-state index is 0.196. The van der Waals surface area contributed by atoms with Gasteiger partial charge in [0.1, 0.15) is 16.5 Å². The van der Waals surface area contributed by atoms with Gasteiger partial charge < -0.3 is 14.8 Å². The van der Waals surface area contributed by atoms with Crippen molar-refractivity contribution in [3.8, 4) is 17.0 Å². The van der Waals surface area contributed by atoms with Crippen LogP contribution in [0.15, 0.2) is 42.5 Å². The highest BCUT2D eigenvalue weighted by atomic mass is 32.1. The maximum Gasteiger partial charge on any atom is 0.416 e. The summed E-state index contributed by atoms with van der Waals surface area (Å²) in [7, 11) is 2.66. The van der Waals surface area contributed by atoms with E-state index in [2.05, 4.69) is 23.9 Å². The predicted molar refractivity (Wildman–Crippen MR) is 126 cm³/mol. The summed E-state index contributed by atoms with van der Waals surface area (Å²) in [5.74, 6) is -0.129. The Labute approximate surface area is 199 Å². The van der Waals surface area contributed by atoms with Gasteiger partial charge in [-0.25, -0.2) is 9.78 Å². The number of rotatable bonds is 8. The molecule has 6 nitrogen and oxygen atoms in total. The van der Waals surface area contributed by atoms with Crippen molar-refractivity contribution < 1.29 is 27.4 Å². The van der Waals surface area contributed by atoms with E-state index in [1.54, 1.807) is 7.11 Å². The van der Waals surface area contributed by atoms with Crippen LogP contribution in [0.25, 0.3) is 11.3 Å². The summed E-state index contributed by atoms with van der Waals surface area (Å²) < 4.78 is 49.5. The first-order chi connectivity index (χ1) is 16.0. The highest BCUT2D eigenvalue weighted by Gasteiger charge is 2.32. The molecule has 3 rings (SSSR count). The highest BCUT2D eigenvalue weighted by molar-refractivity contribution is 7.12. The number of aromatic nitrogens is 1. The molecule has 0 aliphatic rings. The molecule has 0 unspecified atom stereocenters. The van der Waals surface area contributed by atoms with E-state index >= 15 is 0 Å². The Morgan fingerprint density at radius 3 is 2.53 bits per heavy atom. The van der Waals surface area contributed by atoms with E-state index in [1.807, 2.05) is 24.3 Å². The molecule has 2 N–H and O–H groups in total. The van der Waals surface area contributed by atoms with Gasteiger partial charge in [-0.3, -0.25) is 5.41 Å². The molecule has 1 heterocycles. The van der Waals surface area contributed by atoms with Gasteiger partial charge in [-0.15, -0.1) is 11.3 Å². The summed E-state index contributed by atoms with van der Waals surface area (Å²) in [6.07, 6.45) is -4.61. The fraction of sp³-hybridized carbons (Fsp3) is 0.292. The minimum Gasteiger partial charge on any atom is -0.497 e. The lowest BCUT2D eigenvalue weighted by molar-refractivity contribution is -0.137. The summed E-state index contributed by atoms with van der Waals surface area (Å²) in [4.78, 5) is 17.7. The highest BCUT2D eigenvalue weighted by Crippen LogP contribution is 2.36. The predicted octanol–water partition coefficient (Wildman–Crippen LogP) is 6.11. The molecule has 34 heavy (non-hydrogen) atoms. The maximum absolute atomic E-state index is 13.2. The lowest BCUT2D eigenvalue weighted by atomic mass is 10.0. The summed E-state index contributed by atoms with van der Waals surface area (Å²) in [5, 5.41) is 11.7. The number of halogens is 3. The molecule has 0 fully saturated rings. The van der Waals surface area contributed by atoms with E-state index in [0.717, 1.165) is 35.4 Å². The Bertz CT molecular complexity index is 1210. The standard InChI is InChI=1S/C24H24F3N3O3S/c1-13(2)22-21(14-6-5-7-16(10-14)32-3)30-19(34-22)12-29-18-9-8-15(24(25,26)27)11-17(18)20(28)23(31)33-4/h5-11,13,28-29H,12H2,1-4H3. The van der Waals surface area contributed by atoms with Gasteiger partial charge >= 0.3 is 12.1 Å². The number of alkyl halides is 3. The van der Waals surface area contributed by atoms with Crippen molar-refractivity contribution in [1.82, 2.24) is 4.98 Å². The number of anilines is 1. The number of nitrogens with zero attached hydrogens (tertiary/aromatic N) is 1. The van der Waals surface area contributed by atoms with Gasteiger partial charge in [-0.05, 0) is 36.2 Å². The van der Waals surface area contributed by atoms with Crippen molar-refractivity contribution in [3.05, 3.63) is 63.5 Å². The summed E-state index contributed by atoms with van der Waals surface area (Å²) in [5.41, 5.74) is 0.0791. The molecule has 10 heteroatoms. The van der Waals surface area contributed by atoms with Crippen LogP contribution >= 0.6 is 11.3 Å². The van der Waals surface area contributed by atoms with Crippen LogP contribution in [0.2, 0.25) is 0 Å². The van der Waals surface area contributed by atoms with Crippen molar-refractivity contribution in [1.29, 1.82) is 5.41 Å². The first kappa shape index (κ1) is 25.2. The first-order valence-electron chi connectivity index (χ1n) is 10.3. The molecule has 0 amide bonds. The van der Waals surface area contributed by atoms with E-state index in [0.29, 0.717) is 10.8 Å². The smallest absolute Gasteiger partial charge is 0.416 e. The van der Waals surface area contributed by atoms with Gasteiger partial charge in [-0.1, -0.05) is 26.0 Å². The van der Waals surface area contributed by atoms with E-state index in [-0.39, 0.29) is 23.7 Å². The molecule has 2 aromatic carbocycles. The average molecular weight is 492 g/mol. The lowest BCUT2D eigenvalue weighted by Gasteiger charge is -2.14. The Morgan fingerprint density at radius 1 is 1.18 bits per heavy atom. The molecule has 1 aromatic heterocycles. The van der Waals surface area contributed by atoms with Crippen LogP contribution in [-0.4, -0.2) is 30.9 Å². The fourth-order valence-electron chi connectivity index (χ4n) is 3.29. The van der Waals surface area contributed by atoms with Gasteiger partial charge in [0.15, 0.2) is 0 Å². The van der Waals surface area contributed by atoms with Gasteiger partial charge in [0.05, 0.1) is 32.0 Å². The summed E-state index contributed by atoms with van der Waals surface area (Å²) in [6.45, 7) is 4.31. The monoisotopic (exact) mass is 491 g/mol. The largest absolute Gasteiger partial charge is 0.497 e. The SMILES string of the molecule is COC(=O)C(=N)c1cc(C(F)(F)F)ccc1NCc1nc(-c2cccc(OC)c2)c(C(C)C)s1. The molecule has 0 spiro atoms. The van der Waals surface area contributed by atoms with E-state index in [4.69, 9.17) is 15.1 Å². The average Bonchev–Trinajstić information content (AvgIpc) is 3.26. The number of nitrogens with one attached hydrogen (secondary N) is 2. The van der Waals surface area contributed by atoms with Gasteiger partial charge in [0.25, 0.3) is 0 Å². The third-order valence-corrected chi connectivity index (χ3v) is 6.36.